The maximum Gasteiger partial charge on any atom is 1.00 e. The molecule has 2 aliphatic rings. The summed E-state index contributed by atoms with van der Waals surface area (Å²) in [6.07, 6.45) is -0.917. The van der Waals surface area contributed by atoms with Crippen LogP contribution >= 0.6 is 0 Å². The number of aliphatic hydroxyl groups excluding tert-OH is 1. The number of ketones is 1. The van der Waals surface area contributed by atoms with Crippen LogP contribution in [-0.2, 0) is 0 Å². The van der Waals surface area contributed by atoms with Gasteiger partial charge in [0.15, 0.2) is 28.8 Å². The fourth-order valence-electron chi connectivity index (χ4n) is 2.80. The van der Waals surface area contributed by atoms with E-state index in [1.54, 1.807) is 0 Å². The van der Waals surface area contributed by atoms with Crippen LogP contribution in [0.15, 0.2) is 24.3 Å². The number of ether oxygens (including phenoxy) is 4. The molecule has 2 heterocycles. The molecule has 0 saturated carbocycles. The van der Waals surface area contributed by atoms with E-state index >= 15 is 0 Å². The maximum absolute atomic E-state index is 11.2. The van der Waals surface area contributed by atoms with Gasteiger partial charge < -0.3 is 25.5 Å². The molecule has 0 amide bonds. The zero-order valence-corrected chi connectivity index (χ0v) is 19.4. The van der Waals surface area contributed by atoms with Crippen molar-refractivity contribution in [2.75, 3.05) is 13.6 Å². The number of Topliss-reactive ketones (excluding diaryl/α,β-unsaturated/α-hetero) is 1. The van der Waals surface area contributed by atoms with Gasteiger partial charge in [0.1, 0.15) is 0 Å². The third-order valence-electron chi connectivity index (χ3n) is 4.24. The molecule has 0 bridgehead atoms. The molecule has 0 saturated heterocycles. The van der Waals surface area contributed by atoms with Gasteiger partial charge in [0.05, 0.1) is 39.2 Å². The zero-order valence-electron chi connectivity index (χ0n) is 18.4. The van der Waals surface area contributed by atoms with Crippen LogP contribution in [0.2, 0.25) is 0 Å². The minimum atomic E-state index is -0.917. The number of nitrogens with zero attached hydrogens (tertiary/aromatic N) is 2. The number of rotatable bonds is 4. The molecule has 2 aliphatic heterocycles. The summed E-state index contributed by atoms with van der Waals surface area (Å²) in [6, 6.07) is 5.25. The largest absolute Gasteiger partial charge is 1.00 e. The fraction of sp³-hybridized carbons (Fsp3) is 0.278. The second-order valence-electron chi connectivity index (χ2n) is 6.23. The van der Waals surface area contributed by atoms with Crippen LogP contribution in [0.3, 0.4) is 0 Å². The van der Waals surface area contributed by atoms with E-state index < -0.39 is 16.0 Å². The summed E-state index contributed by atoms with van der Waals surface area (Å²) >= 11 is 0. The summed E-state index contributed by atoms with van der Waals surface area (Å²) in [6.45, 7) is 2.80. The van der Waals surface area contributed by atoms with Crippen LogP contribution < -0.4 is 48.5 Å². The summed E-state index contributed by atoms with van der Waals surface area (Å²) in [5.74, 6) is 1.06. The van der Waals surface area contributed by atoms with Gasteiger partial charge in [-0.1, -0.05) is 0 Å². The second-order valence-corrected chi connectivity index (χ2v) is 6.23. The quantitative estimate of drug-likeness (QED) is 0.279. The minimum Gasteiger partial charge on any atom is -1.00 e. The zero-order chi connectivity index (χ0) is 22.0. The average Bonchev–Trinajstić information content (AvgIpc) is 3.34. The van der Waals surface area contributed by atoms with Crippen LogP contribution in [0.5, 0.6) is 23.0 Å². The molecule has 163 valence electrons. The second kappa shape index (κ2) is 11.1. The summed E-state index contributed by atoms with van der Waals surface area (Å²) in [7, 11) is 0. The predicted octanol–water partition coefficient (Wildman–Crippen LogP) is -0.361. The number of nitro benzene ring substituents is 2. The van der Waals surface area contributed by atoms with E-state index in [9.17, 15) is 30.1 Å². The van der Waals surface area contributed by atoms with Gasteiger partial charge in [-0.15, -0.1) is 0 Å². The van der Waals surface area contributed by atoms with E-state index in [4.69, 9.17) is 18.9 Å². The first kappa shape index (κ1) is 27.2. The van der Waals surface area contributed by atoms with Crippen molar-refractivity contribution >= 4 is 25.6 Å². The first-order chi connectivity index (χ1) is 14.2. The topological polar surface area (TPSA) is 160 Å². The molecule has 2 aromatic carbocycles. The Balaban J connectivity index is 0.000000569. The number of nitro groups is 2. The number of carbonyl (C=O) groups excluding carboxylic acids is 1. The van der Waals surface area contributed by atoms with E-state index in [1.807, 2.05) is 0 Å². The summed E-state index contributed by atoms with van der Waals surface area (Å²) < 4.78 is 20.1. The Morgan fingerprint density at radius 2 is 1.34 bits per heavy atom. The Hall–Kier alpha value is -2.87. The first-order valence-corrected chi connectivity index (χ1v) is 8.54. The monoisotopic (exact) mass is 455 g/mol. The summed E-state index contributed by atoms with van der Waals surface area (Å²) in [5, 5.41) is 30.8. The Morgan fingerprint density at radius 1 is 0.938 bits per heavy atom. The predicted molar refractivity (Wildman–Crippen MR) is 106 cm³/mol. The van der Waals surface area contributed by atoms with Crippen LogP contribution in [-0.4, -0.2) is 42.7 Å². The Morgan fingerprint density at radius 3 is 1.75 bits per heavy atom. The number of hydrogen-bond donors (Lipinski definition) is 1. The normalized spacial score (nSPS) is 13.0. The van der Waals surface area contributed by atoms with Gasteiger partial charge in [0.25, 0.3) is 11.4 Å². The number of benzene rings is 2. The van der Waals surface area contributed by atoms with Gasteiger partial charge >= 0.3 is 29.6 Å². The minimum absolute atomic E-state index is 0. The Bertz CT molecular complexity index is 1010. The molecule has 32 heavy (non-hydrogen) atoms. The van der Waals surface area contributed by atoms with Crippen molar-refractivity contribution in [2.24, 2.45) is 0 Å². The van der Waals surface area contributed by atoms with E-state index in [1.165, 1.54) is 38.1 Å². The maximum atomic E-state index is 11.2. The molecular weight excluding hydrogens is 438 g/mol. The van der Waals surface area contributed by atoms with Crippen molar-refractivity contribution in [3.05, 3.63) is 55.6 Å². The number of hydrogen-bond acceptors (Lipinski definition) is 10. The van der Waals surface area contributed by atoms with Crippen molar-refractivity contribution in [2.45, 2.75) is 20.0 Å². The molecule has 3 radical (unpaired) electrons. The summed E-state index contributed by atoms with van der Waals surface area (Å²) in [5.41, 5.74) is -0.158. The third-order valence-corrected chi connectivity index (χ3v) is 4.24. The van der Waals surface area contributed by atoms with E-state index in [-0.39, 0.29) is 81.3 Å². The van der Waals surface area contributed by atoms with Crippen molar-refractivity contribution in [1.82, 2.24) is 0 Å². The summed E-state index contributed by atoms with van der Waals surface area (Å²) in [4.78, 5) is 31.4. The van der Waals surface area contributed by atoms with E-state index in [0.717, 1.165) is 0 Å². The van der Waals surface area contributed by atoms with Crippen molar-refractivity contribution < 1.29 is 69.7 Å². The van der Waals surface area contributed by atoms with E-state index in [2.05, 4.69) is 0 Å². The van der Waals surface area contributed by atoms with Gasteiger partial charge in [-0.25, -0.2) is 0 Å². The molecule has 4 rings (SSSR count). The van der Waals surface area contributed by atoms with Crippen LogP contribution in [0.4, 0.5) is 11.4 Å². The van der Waals surface area contributed by atoms with Gasteiger partial charge in [0.2, 0.25) is 13.6 Å². The molecule has 0 aliphatic carbocycles. The number of fused-ring (bicyclic) bond motifs is 2. The van der Waals surface area contributed by atoms with Crippen LogP contribution in [0.25, 0.3) is 0 Å². The molecule has 12 nitrogen and oxygen atoms in total. The van der Waals surface area contributed by atoms with Gasteiger partial charge in [-0.2, -0.15) is 0 Å². The fourth-order valence-corrected chi connectivity index (χ4v) is 2.80. The molecular formula is C18H17BN2NaO10. The number of carbonyl (C=O) groups is 1. The van der Waals surface area contributed by atoms with Crippen molar-refractivity contribution in [1.29, 1.82) is 0 Å². The Kier molecular flexibility index (Phi) is 9.45. The van der Waals surface area contributed by atoms with Crippen molar-refractivity contribution in [3.63, 3.8) is 0 Å². The molecule has 0 aromatic heterocycles. The van der Waals surface area contributed by atoms with Gasteiger partial charge in [-0.3, -0.25) is 25.0 Å². The average molecular weight is 455 g/mol. The number of aliphatic hydroxyl groups is 1. The first-order valence-electron chi connectivity index (χ1n) is 8.54. The molecule has 2 aromatic rings. The van der Waals surface area contributed by atoms with Gasteiger partial charge in [-0.05, 0) is 19.9 Å². The molecule has 1 atom stereocenters. The standard InChI is InChI=1S/C9H9NO5.C9H7NO5.B.Na.H/c2*1-5(11)6-2-8-9(15-4-14-8)3-7(6)10(12)13;;;/h2-3,5,11H,4H2,1H3;2-3H,4H2,1H3;;;/q;;;+1;-1. The smallest absolute Gasteiger partial charge is 1.00 e. The Labute approximate surface area is 207 Å². The van der Waals surface area contributed by atoms with Crippen LogP contribution in [0, 0.1) is 20.2 Å². The molecule has 14 heteroatoms. The van der Waals surface area contributed by atoms with Crippen molar-refractivity contribution in [3.8, 4) is 23.0 Å². The third kappa shape index (κ3) is 5.68. The van der Waals surface area contributed by atoms with Crippen LogP contribution in [0.1, 0.15) is 37.3 Å². The molecule has 1 unspecified atom stereocenters. The molecule has 0 spiro atoms. The molecule has 0 fully saturated rings. The molecule has 1 N–H and O–H groups in total. The SMILES string of the molecule is CC(=O)c1cc2c(cc1[N+](=O)[O-])OCO2.CC(O)c1cc2c(cc1[N+](=O)[O-])OCO2.[B].[H-].[Na+]. The van der Waals surface area contributed by atoms with E-state index in [0.29, 0.717) is 23.0 Å². The van der Waals surface area contributed by atoms with Gasteiger partial charge in [0, 0.05) is 14.5 Å².